The van der Waals surface area contributed by atoms with E-state index in [1.807, 2.05) is 6.92 Å². The Balaban J connectivity index is 2.15. The maximum Gasteiger partial charge on any atom is 0.165 e. The molecule has 0 bridgehead atoms. The zero-order valence-electron chi connectivity index (χ0n) is 8.73. The van der Waals surface area contributed by atoms with Crippen LogP contribution in [-0.4, -0.2) is 29.3 Å². The van der Waals surface area contributed by atoms with Gasteiger partial charge in [-0.15, -0.1) is 0 Å². The van der Waals surface area contributed by atoms with Crippen molar-refractivity contribution in [2.75, 3.05) is 18.0 Å². The molecule has 2 unspecified atom stereocenters. The molecule has 0 saturated carbocycles. The maximum absolute atomic E-state index is 13.4. The Labute approximate surface area is 88.6 Å². The highest BCUT2D eigenvalue weighted by atomic mass is 19.1. The quantitative estimate of drug-likeness (QED) is 0.761. The molecular weight excluding hydrogens is 195 g/mol. The average molecular weight is 210 g/mol. The first-order valence-electron chi connectivity index (χ1n) is 5.22. The van der Waals surface area contributed by atoms with Crippen molar-refractivity contribution in [2.24, 2.45) is 5.92 Å². The van der Waals surface area contributed by atoms with Gasteiger partial charge in [-0.2, -0.15) is 0 Å². The number of rotatable bonds is 1. The van der Waals surface area contributed by atoms with Crippen molar-refractivity contribution >= 4 is 5.82 Å². The van der Waals surface area contributed by atoms with E-state index in [4.69, 9.17) is 0 Å². The third-order valence-corrected chi connectivity index (χ3v) is 2.96. The average Bonchev–Trinajstić information content (AvgIpc) is 2.23. The van der Waals surface area contributed by atoms with Crippen LogP contribution in [0.1, 0.15) is 13.3 Å². The highest BCUT2D eigenvalue weighted by Gasteiger charge is 2.26. The first kappa shape index (κ1) is 10.4. The van der Waals surface area contributed by atoms with E-state index in [1.54, 1.807) is 17.2 Å². The van der Waals surface area contributed by atoms with Gasteiger partial charge in [0.1, 0.15) is 0 Å². The van der Waals surface area contributed by atoms with E-state index in [2.05, 4.69) is 4.98 Å². The molecule has 1 aromatic rings. The number of piperidine rings is 1. The number of β-amino-alcohol motifs (C(OH)–C–C–N with tert-alkyl or cyclic N) is 1. The van der Waals surface area contributed by atoms with Crippen LogP contribution in [0.4, 0.5) is 10.2 Å². The van der Waals surface area contributed by atoms with Crippen LogP contribution in [0.5, 0.6) is 0 Å². The molecule has 0 radical (unpaired) electrons. The van der Waals surface area contributed by atoms with Crippen molar-refractivity contribution in [3.05, 3.63) is 24.1 Å². The Bertz CT molecular complexity index is 345. The molecule has 1 N–H and O–H groups in total. The van der Waals surface area contributed by atoms with E-state index < -0.39 is 0 Å². The third-order valence-electron chi connectivity index (χ3n) is 2.96. The maximum atomic E-state index is 13.4. The fourth-order valence-corrected chi connectivity index (χ4v) is 1.85. The molecule has 1 saturated heterocycles. The summed E-state index contributed by atoms with van der Waals surface area (Å²) in [5.41, 5.74) is 0. The third kappa shape index (κ3) is 2.09. The first-order chi connectivity index (χ1) is 7.18. The lowest BCUT2D eigenvalue weighted by Crippen LogP contribution is -2.43. The molecule has 15 heavy (non-hydrogen) atoms. The molecule has 4 heteroatoms. The predicted octanol–water partition coefficient (Wildman–Crippen LogP) is 1.43. The van der Waals surface area contributed by atoms with Crippen LogP contribution in [0.25, 0.3) is 0 Å². The molecule has 82 valence electrons. The Kier molecular flexibility index (Phi) is 2.86. The normalized spacial score (nSPS) is 26.7. The number of hydrogen-bond donors (Lipinski definition) is 1. The van der Waals surface area contributed by atoms with Gasteiger partial charge in [-0.1, -0.05) is 6.92 Å². The second kappa shape index (κ2) is 4.14. The van der Waals surface area contributed by atoms with Gasteiger partial charge in [0.05, 0.1) is 6.10 Å². The zero-order valence-corrected chi connectivity index (χ0v) is 8.73. The lowest BCUT2D eigenvalue weighted by Gasteiger charge is -2.35. The summed E-state index contributed by atoms with van der Waals surface area (Å²) in [7, 11) is 0. The Hall–Kier alpha value is -1.16. The summed E-state index contributed by atoms with van der Waals surface area (Å²) >= 11 is 0. The van der Waals surface area contributed by atoms with E-state index in [0.717, 1.165) is 13.0 Å². The summed E-state index contributed by atoms with van der Waals surface area (Å²) in [5, 5.41) is 9.71. The van der Waals surface area contributed by atoms with Crippen molar-refractivity contribution in [2.45, 2.75) is 19.4 Å². The van der Waals surface area contributed by atoms with Crippen LogP contribution in [0.3, 0.4) is 0 Å². The van der Waals surface area contributed by atoms with Crippen LogP contribution < -0.4 is 4.90 Å². The standard InChI is InChI=1S/C11H15FN2O/c1-8-4-6-14(7-10(8)15)11-9(12)3-2-5-13-11/h2-3,5,8,10,15H,4,6-7H2,1H3. The number of hydrogen-bond acceptors (Lipinski definition) is 3. The van der Waals surface area contributed by atoms with Gasteiger partial charge in [-0.05, 0) is 24.5 Å². The minimum Gasteiger partial charge on any atom is -0.391 e. The predicted molar refractivity (Wildman–Crippen MR) is 56.2 cm³/mol. The summed E-state index contributed by atoms with van der Waals surface area (Å²) in [6.45, 7) is 3.23. The summed E-state index contributed by atoms with van der Waals surface area (Å²) in [4.78, 5) is 5.81. The second-order valence-corrected chi connectivity index (χ2v) is 4.09. The molecule has 0 spiro atoms. The number of nitrogens with zero attached hydrogens (tertiary/aromatic N) is 2. The molecule has 1 fully saturated rings. The topological polar surface area (TPSA) is 36.4 Å². The number of aliphatic hydroxyl groups is 1. The summed E-state index contributed by atoms with van der Waals surface area (Å²) in [5.74, 6) is 0.315. The monoisotopic (exact) mass is 210 g/mol. The first-order valence-corrected chi connectivity index (χ1v) is 5.22. The molecular formula is C11H15FN2O. The molecule has 1 aromatic heterocycles. The Morgan fingerprint density at radius 3 is 3.07 bits per heavy atom. The molecule has 0 aromatic carbocycles. The van der Waals surface area contributed by atoms with Gasteiger partial charge in [-0.3, -0.25) is 0 Å². The Morgan fingerprint density at radius 2 is 2.40 bits per heavy atom. The van der Waals surface area contributed by atoms with Crippen LogP contribution in [0.2, 0.25) is 0 Å². The number of halogens is 1. The molecule has 3 nitrogen and oxygen atoms in total. The molecule has 0 amide bonds. The van der Waals surface area contributed by atoms with Gasteiger partial charge in [0.25, 0.3) is 0 Å². The highest BCUT2D eigenvalue weighted by Crippen LogP contribution is 2.23. The lowest BCUT2D eigenvalue weighted by molar-refractivity contribution is 0.102. The van der Waals surface area contributed by atoms with E-state index in [1.165, 1.54) is 6.07 Å². The van der Waals surface area contributed by atoms with Crippen molar-refractivity contribution < 1.29 is 9.50 Å². The fourth-order valence-electron chi connectivity index (χ4n) is 1.85. The van der Waals surface area contributed by atoms with Crippen LogP contribution in [0.15, 0.2) is 18.3 Å². The Morgan fingerprint density at radius 1 is 1.60 bits per heavy atom. The van der Waals surface area contributed by atoms with Gasteiger partial charge in [0.15, 0.2) is 11.6 Å². The molecule has 2 heterocycles. The molecule has 1 aliphatic rings. The lowest BCUT2D eigenvalue weighted by atomic mass is 9.96. The zero-order chi connectivity index (χ0) is 10.8. The van der Waals surface area contributed by atoms with E-state index in [9.17, 15) is 9.50 Å². The van der Waals surface area contributed by atoms with Crippen LogP contribution in [-0.2, 0) is 0 Å². The molecule has 0 aliphatic carbocycles. The SMILES string of the molecule is CC1CCN(c2ncccc2F)CC1O. The van der Waals surface area contributed by atoms with E-state index >= 15 is 0 Å². The van der Waals surface area contributed by atoms with Crippen LogP contribution in [0, 0.1) is 11.7 Å². The van der Waals surface area contributed by atoms with Crippen LogP contribution >= 0.6 is 0 Å². The van der Waals surface area contributed by atoms with Crippen molar-refractivity contribution in [3.63, 3.8) is 0 Å². The minimum absolute atomic E-state index is 0.285. The number of aliphatic hydroxyl groups excluding tert-OH is 1. The van der Waals surface area contributed by atoms with Gasteiger partial charge in [-0.25, -0.2) is 9.37 Å². The smallest absolute Gasteiger partial charge is 0.165 e. The molecule has 2 rings (SSSR count). The summed E-state index contributed by atoms with van der Waals surface area (Å²) in [6.07, 6.45) is 2.06. The molecule has 2 atom stereocenters. The number of anilines is 1. The van der Waals surface area contributed by atoms with Gasteiger partial charge in [0.2, 0.25) is 0 Å². The van der Waals surface area contributed by atoms with E-state index in [0.29, 0.717) is 12.4 Å². The van der Waals surface area contributed by atoms with Gasteiger partial charge in [0, 0.05) is 19.3 Å². The van der Waals surface area contributed by atoms with Gasteiger partial charge >= 0.3 is 0 Å². The highest BCUT2D eigenvalue weighted by molar-refractivity contribution is 5.40. The van der Waals surface area contributed by atoms with Gasteiger partial charge < -0.3 is 10.0 Å². The van der Waals surface area contributed by atoms with Crippen molar-refractivity contribution in [1.82, 2.24) is 4.98 Å². The largest absolute Gasteiger partial charge is 0.391 e. The van der Waals surface area contributed by atoms with Crippen molar-refractivity contribution in [1.29, 1.82) is 0 Å². The minimum atomic E-state index is -0.389. The molecule has 1 aliphatic heterocycles. The number of pyridine rings is 1. The number of aromatic nitrogens is 1. The summed E-state index contributed by atoms with van der Waals surface area (Å²) in [6, 6.07) is 2.97. The fraction of sp³-hybridized carbons (Fsp3) is 0.545. The van der Waals surface area contributed by atoms with E-state index in [-0.39, 0.29) is 17.8 Å². The summed E-state index contributed by atoms with van der Waals surface area (Å²) < 4.78 is 13.4. The second-order valence-electron chi connectivity index (χ2n) is 4.09. The van der Waals surface area contributed by atoms with Crippen molar-refractivity contribution in [3.8, 4) is 0 Å².